The van der Waals surface area contributed by atoms with Gasteiger partial charge in [-0.15, -0.1) is 11.3 Å². The molecule has 0 aliphatic rings. The second-order valence-corrected chi connectivity index (χ2v) is 9.54. The Balaban J connectivity index is 1.92. The van der Waals surface area contributed by atoms with Crippen LogP contribution in [0.2, 0.25) is 0 Å². The summed E-state index contributed by atoms with van der Waals surface area (Å²) in [7, 11) is -3.96. The summed E-state index contributed by atoms with van der Waals surface area (Å²) in [5.41, 5.74) is -0.833. The first-order chi connectivity index (χ1) is 15.9. The molecule has 4 aromatic rings. The highest BCUT2D eigenvalue weighted by Crippen LogP contribution is 2.40. The number of sulfonamides is 1. The van der Waals surface area contributed by atoms with Crippen LogP contribution in [0.3, 0.4) is 0 Å². The van der Waals surface area contributed by atoms with Gasteiger partial charge in [0.25, 0.3) is 0 Å². The zero-order valence-corrected chi connectivity index (χ0v) is 18.7. The van der Waals surface area contributed by atoms with Crippen LogP contribution in [0.1, 0.15) is 27.3 Å². The number of alkyl halides is 3. The predicted octanol–water partition coefficient (Wildman–Crippen LogP) is 3.95. The molecule has 8 nitrogen and oxygen atoms in total. The minimum atomic E-state index is -4.86. The Labute approximate surface area is 195 Å². The molecule has 0 unspecified atom stereocenters. The van der Waals surface area contributed by atoms with Crippen LogP contribution in [0.15, 0.2) is 64.9 Å². The average molecular weight is 509 g/mol. The summed E-state index contributed by atoms with van der Waals surface area (Å²) < 4.78 is 66.6. The fourth-order valence-corrected chi connectivity index (χ4v) is 4.61. The molecular formula is C21H15F3N4O4S2. The molecule has 34 heavy (non-hydrogen) atoms. The highest BCUT2D eigenvalue weighted by atomic mass is 32.2. The van der Waals surface area contributed by atoms with Gasteiger partial charge in [-0.05, 0) is 17.7 Å². The Hall–Kier alpha value is -3.55. The number of rotatable bonds is 6. The van der Waals surface area contributed by atoms with Crippen molar-refractivity contribution in [2.75, 3.05) is 0 Å². The summed E-state index contributed by atoms with van der Waals surface area (Å²) in [5.74, 6) is -1.37. The molecule has 0 spiro atoms. The molecular weight excluding hydrogens is 493 g/mol. The van der Waals surface area contributed by atoms with Crippen LogP contribution in [0.5, 0.6) is 0 Å². The molecule has 0 bridgehead atoms. The molecule has 2 heterocycles. The monoisotopic (exact) mass is 508 g/mol. The number of hydrogen-bond acceptors (Lipinski definition) is 6. The van der Waals surface area contributed by atoms with Crippen molar-refractivity contribution in [3.05, 3.63) is 82.5 Å². The maximum atomic E-state index is 14.3. The Morgan fingerprint density at radius 1 is 1.09 bits per heavy atom. The molecule has 0 radical (unpaired) electrons. The Bertz CT molecular complexity index is 1460. The fourth-order valence-electron chi connectivity index (χ4n) is 3.34. The van der Waals surface area contributed by atoms with E-state index in [2.05, 4.69) is 10.1 Å². The fraction of sp³-hybridized carbons (Fsp3) is 0.0952. The van der Waals surface area contributed by atoms with Crippen molar-refractivity contribution in [3.8, 4) is 16.4 Å². The second kappa shape index (κ2) is 8.66. The minimum Gasteiger partial charge on any atom is -0.476 e. The summed E-state index contributed by atoms with van der Waals surface area (Å²) in [5, 5.41) is 19.3. The van der Waals surface area contributed by atoms with Gasteiger partial charge in [0.2, 0.25) is 15.2 Å². The van der Waals surface area contributed by atoms with Gasteiger partial charge < -0.3 is 5.11 Å². The maximum absolute atomic E-state index is 14.3. The van der Waals surface area contributed by atoms with Gasteiger partial charge in [0.1, 0.15) is 0 Å². The molecule has 176 valence electrons. The zero-order valence-electron chi connectivity index (χ0n) is 17.0. The number of carboxylic acids is 1. The number of aromatic carboxylic acids is 1. The molecule has 2 aromatic heterocycles. The van der Waals surface area contributed by atoms with Crippen LogP contribution in [-0.4, -0.2) is 34.3 Å². The van der Waals surface area contributed by atoms with E-state index in [0.29, 0.717) is 15.8 Å². The van der Waals surface area contributed by atoms with Crippen molar-refractivity contribution in [3.63, 3.8) is 0 Å². The van der Waals surface area contributed by atoms with Gasteiger partial charge in [-0.25, -0.2) is 28.0 Å². The minimum absolute atomic E-state index is 0.0375. The molecule has 0 saturated heterocycles. The van der Waals surface area contributed by atoms with Crippen molar-refractivity contribution in [1.29, 1.82) is 0 Å². The summed E-state index contributed by atoms with van der Waals surface area (Å²) in [6.07, 6.45) is -5.09. The van der Waals surface area contributed by atoms with E-state index < -0.39 is 33.6 Å². The zero-order chi connectivity index (χ0) is 24.7. The first-order valence-corrected chi connectivity index (χ1v) is 11.9. The van der Waals surface area contributed by atoms with E-state index in [9.17, 15) is 26.4 Å². The molecule has 4 rings (SSSR count). The third kappa shape index (κ3) is 4.71. The summed E-state index contributed by atoms with van der Waals surface area (Å²) in [6.45, 7) is 0. The topological polar surface area (TPSA) is 128 Å². The second-order valence-electron chi connectivity index (χ2n) is 7.14. The van der Waals surface area contributed by atoms with E-state index in [0.717, 1.165) is 16.7 Å². The maximum Gasteiger partial charge on any atom is 0.433 e. The number of benzene rings is 2. The van der Waals surface area contributed by atoms with Crippen molar-refractivity contribution in [1.82, 2.24) is 14.8 Å². The molecule has 3 N–H and O–H groups in total. The third-order valence-corrected chi connectivity index (χ3v) is 6.57. The van der Waals surface area contributed by atoms with E-state index in [-0.39, 0.29) is 27.7 Å². The van der Waals surface area contributed by atoms with Gasteiger partial charge >= 0.3 is 12.1 Å². The molecule has 13 heteroatoms. The Morgan fingerprint density at radius 2 is 1.74 bits per heavy atom. The Kier molecular flexibility index (Phi) is 6.02. The van der Waals surface area contributed by atoms with E-state index in [1.165, 1.54) is 24.3 Å². The normalized spacial score (nSPS) is 12.1. The lowest BCUT2D eigenvalue weighted by Gasteiger charge is -2.12. The van der Waals surface area contributed by atoms with Crippen LogP contribution in [0, 0.1) is 0 Å². The van der Waals surface area contributed by atoms with Crippen LogP contribution in [0.4, 0.5) is 13.2 Å². The lowest BCUT2D eigenvalue weighted by molar-refractivity contribution is -0.143. The first-order valence-electron chi connectivity index (χ1n) is 9.50. The quantitative estimate of drug-likeness (QED) is 0.406. The number of hydrogen-bond donors (Lipinski definition) is 2. The van der Waals surface area contributed by atoms with Gasteiger partial charge in [0.15, 0.2) is 11.4 Å². The largest absolute Gasteiger partial charge is 0.476 e. The number of nitrogens with zero attached hydrogens (tertiary/aromatic N) is 3. The lowest BCUT2D eigenvalue weighted by atomic mass is 9.99. The highest BCUT2D eigenvalue weighted by molar-refractivity contribution is 7.89. The van der Waals surface area contributed by atoms with Crippen molar-refractivity contribution in [2.24, 2.45) is 5.14 Å². The van der Waals surface area contributed by atoms with Crippen LogP contribution in [0.25, 0.3) is 16.4 Å². The van der Waals surface area contributed by atoms with Gasteiger partial charge in [-0.3, -0.25) is 0 Å². The molecule has 2 aromatic carbocycles. The summed E-state index contributed by atoms with van der Waals surface area (Å²) in [6, 6.07) is 13.4. The summed E-state index contributed by atoms with van der Waals surface area (Å²) >= 11 is 0.717. The number of halogens is 3. The number of thiazole rings is 1. The smallest absolute Gasteiger partial charge is 0.433 e. The van der Waals surface area contributed by atoms with Gasteiger partial charge in [-0.2, -0.15) is 18.3 Å². The molecule has 0 fully saturated rings. The van der Waals surface area contributed by atoms with Gasteiger partial charge in [-0.1, -0.05) is 42.5 Å². The van der Waals surface area contributed by atoms with Gasteiger partial charge in [0.05, 0.1) is 10.6 Å². The molecule has 0 amide bonds. The third-order valence-electron chi connectivity index (χ3n) is 4.82. The first kappa shape index (κ1) is 23.6. The van der Waals surface area contributed by atoms with Crippen LogP contribution >= 0.6 is 11.3 Å². The SMILES string of the molecule is NS(=O)(=O)c1ccc(Cc2c(-c3ccccc3)nn(-c3nc(C(=O)O)cs3)c2C(F)(F)F)cc1. The number of aromatic nitrogens is 3. The number of carbonyl (C=O) groups is 1. The van der Waals surface area contributed by atoms with Crippen LogP contribution in [-0.2, 0) is 22.6 Å². The van der Waals surface area contributed by atoms with E-state index >= 15 is 0 Å². The van der Waals surface area contributed by atoms with Crippen LogP contribution < -0.4 is 5.14 Å². The number of primary sulfonamides is 1. The van der Waals surface area contributed by atoms with Crippen molar-refractivity contribution in [2.45, 2.75) is 17.5 Å². The lowest BCUT2D eigenvalue weighted by Crippen LogP contribution is -2.16. The highest BCUT2D eigenvalue weighted by Gasteiger charge is 2.41. The molecule has 0 aliphatic heterocycles. The molecule has 0 saturated carbocycles. The predicted molar refractivity (Wildman–Crippen MR) is 117 cm³/mol. The van der Waals surface area contributed by atoms with E-state index in [1.54, 1.807) is 30.3 Å². The van der Waals surface area contributed by atoms with E-state index in [1.807, 2.05) is 0 Å². The van der Waals surface area contributed by atoms with Crippen molar-refractivity contribution < 1.29 is 31.5 Å². The average Bonchev–Trinajstić information content (AvgIpc) is 3.39. The standard InChI is InChI=1S/C21H15F3N4O4S2/c22-21(23,24)18-15(10-12-6-8-14(9-7-12)34(25,31)32)17(13-4-2-1-3-5-13)27-28(18)20-26-16(11-33-20)19(29)30/h1-9,11H,10H2,(H,29,30)(H2,25,31,32). The van der Waals surface area contributed by atoms with E-state index in [4.69, 9.17) is 10.2 Å². The molecule has 0 aliphatic carbocycles. The number of nitrogens with two attached hydrogens (primary N) is 1. The Morgan fingerprint density at radius 3 is 2.26 bits per heavy atom. The van der Waals surface area contributed by atoms with Gasteiger partial charge in [0, 0.05) is 22.9 Å². The van der Waals surface area contributed by atoms with Crippen molar-refractivity contribution >= 4 is 27.3 Å². The summed E-state index contributed by atoms with van der Waals surface area (Å²) in [4.78, 5) is 14.8. The molecule has 0 atom stereocenters. The number of carboxylic acid groups (broad SMARTS) is 1.